The molecule has 0 unspecified atom stereocenters. The fourth-order valence-corrected chi connectivity index (χ4v) is 4.65. The van der Waals surface area contributed by atoms with Crippen LogP contribution in [0.1, 0.15) is 30.5 Å². The largest absolute Gasteiger partial charge is 0.354 e. The zero-order chi connectivity index (χ0) is 21.8. The molecule has 1 aliphatic heterocycles. The molecule has 0 aromatic carbocycles. The summed E-state index contributed by atoms with van der Waals surface area (Å²) >= 11 is 0. The van der Waals surface area contributed by atoms with Crippen LogP contribution < -0.4 is 10.5 Å². The van der Waals surface area contributed by atoms with Crippen LogP contribution in [0.3, 0.4) is 0 Å². The first-order valence-corrected chi connectivity index (χ1v) is 11.6. The van der Waals surface area contributed by atoms with Crippen LogP contribution in [0.25, 0.3) is 11.3 Å². The van der Waals surface area contributed by atoms with Gasteiger partial charge in [0.25, 0.3) is 5.56 Å². The van der Waals surface area contributed by atoms with Crippen LogP contribution in [0.2, 0.25) is 0 Å². The van der Waals surface area contributed by atoms with Gasteiger partial charge in [0.1, 0.15) is 12.1 Å². The smallest absolute Gasteiger partial charge is 0.266 e. The van der Waals surface area contributed by atoms with Crippen molar-refractivity contribution >= 4 is 5.82 Å². The molecule has 0 atom stereocenters. The highest BCUT2D eigenvalue weighted by Crippen LogP contribution is 2.27. The molecule has 0 amide bonds. The minimum absolute atomic E-state index is 0.0695. The van der Waals surface area contributed by atoms with Gasteiger partial charge >= 0.3 is 0 Å². The van der Waals surface area contributed by atoms with Gasteiger partial charge in [-0.2, -0.15) is 5.10 Å². The molecule has 2 aliphatic rings. The van der Waals surface area contributed by atoms with E-state index < -0.39 is 0 Å². The molecule has 3 aromatic heterocycles. The summed E-state index contributed by atoms with van der Waals surface area (Å²) in [6, 6.07) is 7.19. The number of piperazine rings is 1. The van der Waals surface area contributed by atoms with Crippen LogP contribution in [-0.2, 0) is 19.4 Å². The third-order valence-corrected chi connectivity index (χ3v) is 6.48. The molecule has 32 heavy (non-hydrogen) atoms. The first-order chi connectivity index (χ1) is 15.8. The van der Waals surface area contributed by atoms with Crippen molar-refractivity contribution in [3.63, 3.8) is 0 Å². The maximum absolute atomic E-state index is 12.3. The van der Waals surface area contributed by atoms with E-state index >= 15 is 0 Å². The molecule has 5 rings (SSSR count). The second-order valence-electron chi connectivity index (χ2n) is 8.53. The van der Waals surface area contributed by atoms with Crippen molar-refractivity contribution in [3.8, 4) is 11.3 Å². The topological polar surface area (TPSA) is 80.0 Å². The molecule has 0 saturated carbocycles. The minimum atomic E-state index is -0.0695. The summed E-state index contributed by atoms with van der Waals surface area (Å²) in [5.41, 5.74) is 4.22. The van der Waals surface area contributed by atoms with Crippen LogP contribution in [0.4, 0.5) is 5.82 Å². The normalized spacial score (nSPS) is 17.1. The van der Waals surface area contributed by atoms with Gasteiger partial charge in [0.05, 0.1) is 12.2 Å². The fraction of sp³-hybridized carbons (Fsp3) is 0.458. The van der Waals surface area contributed by atoms with E-state index in [9.17, 15) is 4.79 Å². The van der Waals surface area contributed by atoms with Crippen LogP contribution in [0.5, 0.6) is 0 Å². The lowest BCUT2D eigenvalue weighted by atomic mass is 10.1. The van der Waals surface area contributed by atoms with Crippen molar-refractivity contribution in [3.05, 3.63) is 64.6 Å². The SMILES string of the molecule is O=c1ccc(-c2cccnc2)nn1CCN1CCN(c2ncnc3c2CCCCC3)CC1. The molecule has 4 heterocycles. The van der Waals surface area contributed by atoms with Crippen molar-refractivity contribution in [2.24, 2.45) is 0 Å². The number of anilines is 1. The van der Waals surface area contributed by atoms with Gasteiger partial charge in [-0.1, -0.05) is 6.42 Å². The van der Waals surface area contributed by atoms with Crippen LogP contribution in [0.15, 0.2) is 47.8 Å². The number of nitrogens with zero attached hydrogens (tertiary/aromatic N) is 7. The maximum Gasteiger partial charge on any atom is 0.266 e. The third kappa shape index (κ3) is 4.55. The number of fused-ring (bicyclic) bond motifs is 1. The monoisotopic (exact) mass is 431 g/mol. The second kappa shape index (κ2) is 9.56. The molecule has 0 radical (unpaired) electrons. The highest BCUT2D eigenvalue weighted by atomic mass is 16.1. The van der Waals surface area contributed by atoms with Gasteiger partial charge in [0.2, 0.25) is 0 Å². The lowest BCUT2D eigenvalue weighted by Crippen LogP contribution is -2.48. The first kappa shape index (κ1) is 20.8. The number of aromatic nitrogens is 5. The Morgan fingerprint density at radius 3 is 2.62 bits per heavy atom. The minimum Gasteiger partial charge on any atom is -0.354 e. The Balaban J connectivity index is 1.21. The molecule has 1 fully saturated rings. The quantitative estimate of drug-likeness (QED) is 0.573. The number of hydrogen-bond acceptors (Lipinski definition) is 7. The molecule has 0 spiro atoms. The zero-order valence-corrected chi connectivity index (χ0v) is 18.4. The Morgan fingerprint density at radius 2 is 1.78 bits per heavy atom. The van der Waals surface area contributed by atoms with Crippen molar-refractivity contribution in [1.82, 2.24) is 29.6 Å². The van der Waals surface area contributed by atoms with Gasteiger partial charge in [-0.05, 0) is 43.9 Å². The summed E-state index contributed by atoms with van der Waals surface area (Å²) in [7, 11) is 0. The Bertz CT molecular complexity index is 1110. The van der Waals surface area contributed by atoms with E-state index in [2.05, 4.69) is 29.9 Å². The van der Waals surface area contributed by atoms with E-state index in [1.54, 1.807) is 35.5 Å². The molecule has 8 heteroatoms. The van der Waals surface area contributed by atoms with Crippen molar-refractivity contribution < 1.29 is 0 Å². The van der Waals surface area contributed by atoms with Crippen molar-refractivity contribution in [2.75, 3.05) is 37.6 Å². The number of aryl methyl sites for hydroxylation is 1. The lowest BCUT2D eigenvalue weighted by Gasteiger charge is -2.36. The summed E-state index contributed by atoms with van der Waals surface area (Å²) in [5, 5.41) is 4.56. The van der Waals surface area contributed by atoms with E-state index in [1.165, 1.54) is 30.5 Å². The highest BCUT2D eigenvalue weighted by molar-refractivity contribution is 5.56. The lowest BCUT2D eigenvalue weighted by molar-refractivity contribution is 0.242. The number of hydrogen-bond donors (Lipinski definition) is 0. The predicted octanol–water partition coefficient (Wildman–Crippen LogP) is 2.19. The molecule has 166 valence electrons. The van der Waals surface area contributed by atoms with Crippen molar-refractivity contribution in [2.45, 2.75) is 38.6 Å². The van der Waals surface area contributed by atoms with Crippen LogP contribution >= 0.6 is 0 Å². The Labute approximate surface area is 188 Å². The molecule has 0 bridgehead atoms. The van der Waals surface area contributed by atoms with E-state index in [0.717, 1.165) is 62.6 Å². The van der Waals surface area contributed by atoms with E-state index in [-0.39, 0.29) is 5.56 Å². The van der Waals surface area contributed by atoms with Gasteiger partial charge in [-0.15, -0.1) is 0 Å². The van der Waals surface area contributed by atoms with E-state index in [4.69, 9.17) is 0 Å². The molecule has 3 aromatic rings. The van der Waals surface area contributed by atoms with Crippen molar-refractivity contribution in [1.29, 1.82) is 0 Å². The summed E-state index contributed by atoms with van der Waals surface area (Å²) in [6.07, 6.45) is 11.1. The molecule has 0 N–H and O–H groups in total. The first-order valence-electron chi connectivity index (χ1n) is 11.6. The molecule has 8 nitrogen and oxygen atoms in total. The van der Waals surface area contributed by atoms with Crippen LogP contribution in [-0.4, -0.2) is 62.4 Å². The zero-order valence-electron chi connectivity index (χ0n) is 18.4. The van der Waals surface area contributed by atoms with E-state index in [0.29, 0.717) is 6.54 Å². The average Bonchev–Trinajstić information content (AvgIpc) is 3.10. The van der Waals surface area contributed by atoms with Gasteiger partial charge in [0.15, 0.2) is 0 Å². The Kier molecular flexibility index (Phi) is 6.20. The molecular weight excluding hydrogens is 402 g/mol. The summed E-state index contributed by atoms with van der Waals surface area (Å²) in [4.78, 5) is 30.5. The Hall–Kier alpha value is -3.13. The van der Waals surface area contributed by atoms with E-state index in [1.807, 2.05) is 12.1 Å². The molecule has 1 saturated heterocycles. The number of rotatable bonds is 5. The summed E-state index contributed by atoms with van der Waals surface area (Å²) in [6.45, 7) is 5.18. The van der Waals surface area contributed by atoms with Crippen LogP contribution in [0, 0.1) is 0 Å². The third-order valence-electron chi connectivity index (χ3n) is 6.48. The Morgan fingerprint density at radius 1 is 0.906 bits per heavy atom. The highest BCUT2D eigenvalue weighted by Gasteiger charge is 2.23. The van der Waals surface area contributed by atoms with Gasteiger partial charge in [-0.3, -0.25) is 14.7 Å². The van der Waals surface area contributed by atoms with Gasteiger partial charge in [0, 0.05) is 68.0 Å². The molecular formula is C24H29N7O. The second-order valence-corrected chi connectivity index (χ2v) is 8.53. The summed E-state index contributed by atoms with van der Waals surface area (Å²) in [5.74, 6) is 1.14. The average molecular weight is 432 g/mol. The van der Waals surface area contributed by atoms with Gasteiger partial charge < -0.3 is 4.90 Å². The van der Waals surface area contributed by atoms with Gasteiger partial charge in [-0.25, -0.2) is 14.6 Å². The summed E-state index contributed by atoms with van der Waals surface area (Å²) < 4.78 is 1.57. The number of pyridine rings is 1. The molecule has 1 aliphatic carbocycles. The fourth-order valence-electron chi connectivity index (χ4n) is 4.65. The standard InChI is InChI=1S/C24H29N7O/c32-23-9-8-21(19-5-4-10-25-17-19)28-31(23)16-13-29-11-14-30(15-12-29)24-20-6-2-1-3-7-22(20)26-18-27-24/h4-5,8-10,17-18H,1-3,6-7,11-16H2. The maximum atomic E-state index is 12.3. The predicted molar refractivity (Wildman–Crippen MR) is 124 cm³/mol.